The molecule has 0 aliphatic heterocycles. The minimum Gasteiger partial charge on any atom is -0.477 e. The maximum absolute atomic E-state index is 11.2. The van der Waals surface area contributed by atoms with E-state index in [9.17, 15) is 9.90 Å². The zero-order valence-electron chi connectivity index (χ0n) is 9.41. The topological polar surface area (TPSA) is 80.9 Å². The molecule has 1 aromatic heterocycles. The van der Waals surface area contributed by atoms with Crippen LogP contribution in [0.25, 0.3) is 11.8 Å². The van der Waals surface area contributed by atoms with Crippen LogP contribution in [0.4, 0.5) is 0 Å². The molecule has 0 radical (unpaired) electrons. The fraction of sp³-hybridized carbons (Fsp3) is 0.0909. The summed E-state index contributed by atoms with van der Waals surface area (Å²) < 4.78 is 2.11. The smallest absolute Gasteiger partial charge is 0.354 e. The molecule has 0 atom stereocenters. The summed E-state index contributed by atoms with van der Waals surface area (Å²) in [6.45, 7) is 1.64. The molecule has 1 heterocycles. The molecule has 92 valence electrons. The Kier molecular flexibility index (Phi) is 3.52. The predicted octanol–water partition coefficient (Wildman–Crippen LogP) is 1.83. The maximum atomic E-state index is 11.2. The van der Waals surface area contributed by atoms with Gasteiger partial charge in [0, 0.05) is 4.47 Å². The van der Waals surface area contributed by atoms with E-state index in [1.807, 2.05) is 12.1 Å². The largest absolute Gasteiger partial charge is 0.477 e. The number of rotatable bonds is 3. The summed E-state index contributed by atoms with van der Waals surface area (Å²) in [5.74, 6) is -0.672. The Labute approximate surface area is 111 Å². The van der Waals surface area contributed by atoms with Crippen molar-refractivity contribution in [3.63, 3.8) is 0 Å². The lowest BCUT2D eigenvalue weighted by Gasteiger charge is -2.03. The molecule has 0 saturated heterocycles. The molecule has 0 bridgehead atoms. The minimum atomic E-state index is -1.09. The van der Waals surface area contributed by atoms with Crippen LogP contribution in [-0.2, 0) is 4.79 Å². The monoisotopic (exact) mass is 308 g/mol. The number of carboxylic acid groups (broad SMARTS) is 1. The first-order chi connectivity index (χ1) is 8.58. The van der Waals surface area contributed by atoms with Crippen molar-refractivity contribution in [2.45, 2.75) is 6.92 Å². The van der Waals surface area contributed by atoms with Gasteiger partial charge < -0.3 is 5.11 Å². The van der Waals surface area contributed by atoms with Crippen LogP contribution in [0.1, 0.15) is 11.4 Å². The molecule has 0 aliphatic carbocycles. The van der Waals surface area contributed by atoms with Crippen molar-refractivity contribution in [1.29, 1.82) is 0 Å². The van der Waals surface area contributed by atoms with Crippen molar-refractivity contribution in [3.8, 4) is 0 Å². The molecular weight excluding hydrogens is 300 g/mol. The SMILES string of the molecule is Cc1nnnn1/C(=C\c1ccc(Br)cc1)C(=O)O. The number of aryl methyl sites for hydroxylation is 1. The first kappa shape index (κ1) is 12.4. The average Bonchev–Trinajstić information content (AvgIpc) is 2.74. The van der Waals surface area contributed by atoms with Gasteiger partial charge in [-0.3, -0.25) is 0 Å². The quantitative estimate of drug-likeness (QED) is 0.875. The second-order valence-electron chi connectivity index (χ2n) is 3.52. The summed E-state index contributed by atoms with van der Waals surface area (Å²) in [6, 6.07) is 7.26. The highest BCUT2D eigenvalue weighted by Crippen LogP contribution is 2.15. The lowest BCUT2D eigenvalue weighted by Crippen LogP contribution is -2.11. The molecule has 2 aromatic rings. The van der Waals surface area contributed by atoms with Crippen LogP contribution >= 0.6 is 15.9 Å². The number of nitrogens with zero attached hydrogens (tertiary/aromatic N) is 4. The van der Waals surface area contributed by atoms with Gasteiger partial charge in [-0.25, -0.2) is 4.79 Å². The second-order valence-corrected chi connectivity index (χ2v) is 4.44. The van der Waals surface area contributed by atoms with Crippen molar-refractivity contribution in [2.75, 3.05) is 0 Å². The Hall–Kier alpha value is -2.02. The first-order valence-electron chi connectivity index (χ1n) is 5.04. The van der Waals surface area contributed by atoms with E-state index < -0.39 is 5.97 Å². The zero-order valence-corrected chi connectivity index (χ0v) is 11.0. The predicted molar refractivity (Wildman–Crippen MR) is 68.5 cm³/mol. The van der Waals surface area contributed by atoms with Crippen LogP contribution < -0.4 is 0 Å². The third kappa shape index (κ3) is 2.62. The van der Waals surface area contributed by atoms with Crippen LogP contribution in [0.2, 0.25) is 0 Å². The summed E-state index contributed by atoms with van der Waals surface area (Å²) in [6.07, 6.45) is 1.51. The van der Waals surface area contributed by atoms with Gasteiger partial charge >= 0.3 is 5.97 Å². The van der Waals surface area contributed by atoms with Crippen molar-refractivity contribution >= 4 is 33.7 Å². The van der Waals surface area contributed by atoms with Gasteiger partial charge in [0.25, 0.3) is 0 Å². The number of hydrogen-bond donors (Lipinski definition) is 1. The third-order valence-corrected chi connectivity index (χ3v) is 2.77. The number of tetrazole rings is 1. The van der Waals surface area contributed by atoms with Crippen LogP contribution in [-0.4, -0.2) is 31.3 Å². The van der Waals surface area contributed by atoms with E-state index in [1.54, 1.807) is 19.1 Å². The molecule has 7 heteroatoms. The van der Waals surface area contributed by atoms with Gasteiger partial charge in [-0.15, -0.1) is 5.10 Å². The summed E-state index contributed by atoms with van der Waals surface area (Å²) in [7, 11) is 0. The van der Waals surface area contributed by atoms with Gasteiger partial charge in [0.15, 0.2) is 11.5 Å². The van der Waals surface area contributed by atoms with E-state index >= 15 is 0 Å². The van der Waals surface area contributed by atoms with Crippen molar-refractivity contribution < 1.29 is 9.90 Å². The van der Waals surface area contributed by atoms with E-state index in [1.165, 1.54) is 10.8 Å². The number of carbonyl (C=O) groups is 1. The van der Waals surface area contributed by atoms with Gasteiger partial charge in [0.2, 0.25) is 0 Å². The molecule has 0 spiro atoms. The first-order valence-corrected chi connectivity index (χ1v) is 5.83. The molecule has 1 N–H and O–H groups in total. The fourth-order valence-corrected chi connectivity index (χ4v) is 1.65. The normalized spacial score (nSPS) is 11.6. The van der Waals surface area contributed by atoms with E-state index in [2.05, 4.69) is 31.5 Å². The summed E-state index contributed by atoms with van der Waals surface area (Å²) in [4.78, 5) is 11.2. The Morgan fingerprint density at radius 1 is 1.39 bits per heavy atom. The molecule has 18 heavy (non-hydrogen) atoms. The van der Waals surface area contributed by atoms with Crippen molar-refractivity contribution in [3.05, 3.63) is 40.1 Å². The maximum Gasteiger partial charge on any atom is 0.354 e. The Morgan fingerprint density at radius 3 is 2.56 bits per heavy atom. The van der Waals surface area contributed by atoms with Crippen molar-refractivity contribution in [2.24, 2.45) is 0 Å². The highest BCUT2D eigenvalue weighted by Gasteiger charge is 2.14. The molecule has 0 aliphatic rings. The zero-order chi connectivity index (χ0) is 13.1. The number of carboxylic acids is 1. The van der Waals surface area contributed by atoms with Crippen LogP contribution in [0.3, 0.4) is 0 Å². The number of hydrogen-bond acceptors (Lipinski definition) is 4. The van der Waals surface area contributed by atoms with Gasteiger partial charge in [-0.2, -0.15) is 4.68 Å². The van der Waals surface area contributed by atoms with Gasteiger partial charge in [0.1, 0.15) is 0 Å². The molecule has 0 fully saturated rings. The molecule has 0 amide bonds. The second kappa shape index (κ2) is 5.09. The van der Waals surface area contributed by atoms with Crippen LogP contribution in [0, 0.1) is 6.92 Å². The lowest BCUT2D eigenvalue weighted by atomic mass is 10.2. The fourth-order valence-electron chi connectivity index (χ4n) is 1.38. The molecule has 1 aromatic carbocycles. The molecule has 0 unspecified atom stereocenters. The summed E-state index contributed by atoms with van der Waals surface area (Å²) in [5, 5.41) is 19.9. The summed E-state index contributed by atoms with van der Waals surface area (Å²) in [5.41, 5.74) is 0.755. The summed E-state index contributed by atoms with van der Waals surface area (Å²) >= 11 is 3.32. The Bertz CT molecular complexity index is 604. The standard InChI is InChI=1S/C11H9BrN4O2/c1-7-13-14-15-16(7)10(11(17)18)6-8-2-4-9(12)5-3-8/h2-6H,1H3,(H,17,18)/b10-6-. The van der Waals surface area contributed by atoms with Crippen LogP contribution in [0.15, 0.2) is 28.7 Å². The molecule has 2 rings (SSSR count). The van der Waals surface area contributed by atoms with Crippen molar-refractivity contribution in [1.82, 2.24) is 20.2 Å². The minimum absolute atomic E-state index is 0.000164. The third-order valence-electron chi connectivity index (χ3n) is 2.25. The van der Waals surface area contributed by atoms with E-state index in [0.29, 0.717) is 5.82 Å². The van der Waals surface area contributed by atoms with E-state index in [0.717, 1.165) is 10.0 Å². The van der Waals surface area contributed by atoms with E-state index in [4.69, 9.17) is 0 Å². The Morgan fingerprint density at radius 2 is 2.06 bits per heavy atom. The highest BCUT2D eigenvalue weighted by atomic mass is 79.9. The van der Waals surface area contributed by atoms with Gasteiger partial charge in [0.05, 0.1) is 0 Å². The number of benzene rings is 1. The van der Waals surface area contributed by atoms with E-state index in [-0.39, 0.29) is 5.70 Å². The molecule has 0 saturated carbocycles. The number of aliphatic carboxylic acids is 1. The lowest BCUT2D eigenvalue weighted by molar-refractivity contribution is -0.130. The Balaban J connectivity index is 2.46. The molecule has 6 nitrogen and oxygen atoms in total. The molecular formula is C11H9BrN4O2. The van der Waals surface area contributed by atoms with Crippen LogP contribution in [0.5, 0.6) is 0 Å². The number of halogens is 1. The van der Waals surface area contributed by atoms with Gasteiger partial charge in [-0.05, 0) is 41.1 Å². The number of aromatic nitrogens is 4. The average molecular weight is 309 g/mol. The van der Waals surface area contributed by atoms with Gasteiger partial charge in [-0.1, -0.05) is 28.1 Å². The highest BCUT2D eigenvalue weighted by molar-refractivity contribution is 9.10.